The zero-order valence-electron chi connectivity index (χ0n) is 11.1. The summed E-state index contributed by atoms with van der Waals surface area (Å²) in [4.78, 5) is 10.8. The molecule has 2 rings (SSSR count). The van der Waals surface area contributed by atoms with Crippen LogP contribution in [0.5, 0.6) is 0 Å². The number of aromatic carboxylic acids is 1. The summed E-state index contributed by atoms with van der Waals surface area (Å²) in [6, 6.07) is 2.18. The van der Waals surface area contributed by atoms with E-state index in [0.29, 0.717) is 25.4 Å². The monoisotopic (exact) mass is 284 g/mol. The molecule has 1 aromatic rings. The van der Waals surface area contributed by atoms with Crippen LogP contribution in [-0.2, 0) is 9.47 Å². The number of nitrogens with one attached hydrogen (secondary N) is 1. The predicted octanol–water partition coefficient (Wildman–Crippen LogP) is 1.32. The van der Waals surface area contributed by atoms with Crippen LogP contribution >= 0.6 is 0 Å². The first kappa shape index (κ1) is 14.5. The second kappa shape index (κ2) is 5.64. The van der Waals surface area contributed by atoms with E-state index in [1.165, 1.54) is 0 Å². The summed E-state index contributed by atoms with van der Waals surface area (Å²) in [5.74, 6) is -2.18. The van der Waals surface area contributed by atoms with Crippen LogP contribution in [0, 0.1) is 5.82 Å². The Morgan fingerprint density at radius 3 is 2.95 bits per heavy atom. The number of rotatable bonds is 5. The Kier molecular flexibility index (Phi) is 4.10. The van der Waals surface area contributed by atoms with Crippen molar-refractivity contribution in [1.82, 2.24) is 0 Å². The minimum Gasteiger partial charge on any atom is -0.478 e. The Labute approximate surface area is 115 Å². The first-order chi connectivity index (χ1) is 9.47. The molecule has 4 N–H and O–H groups in total. The van der Waals surface area contributed by atoms with E-state index in [0.717, 1.165) is 18.6 Å². The fourth-order valence-electron chi connectivity index (χ4n) is 2.12. The van der Waals surface area contributed by atoms with E-state index >= 15 is 0 Å². The van der Waals surface area contributed by atoms with Crippen molar-refractivity contribution in [3.05, 3.63) is 23.5 Å². The number of methoxy groups -OCH3 is 1. The van der Waals surface area contributed by atoms with Crippen molar-refractivity contribution in [3.8, 4) is 0 Å². The lowest BCUT2D eigenvalue weighted by atomic mass is 10.0. The first-order valence-corrected chi connectivity index (χ1v) is 6.16. The number of nitrogens with two attached hydrogens (primary N) is 1. The lowest BCUT2D eigenvalue weighted by Crippen LogP contribution is -2.39. The van der Waals surface area contributed by atoms with Gasteiger partial charge in [0.2, 0.25) is 0 Å². The lowest BCUT2D eigenvalue weighted by Gasteiger charge is -2.26. The lowest BCUT2D eigenvalue weighted by molar-refractivity contribution is -0.00619. The molecule has 0 amide bonds. The number of carboxylic acid groups (broad SMARTS) is 1. The summed E-state index contributed by atoms with van der Waals surface area (Å²) in [5, 5.41) is 11.8. The van der Waals surface area contributed by atoms with Gasteiger partial charge in [0.15, 0.2) is 0 Å². The summed E-state index contributed by atoms with van der Waals surface area (Å²) < 4.78 is 24.4. The molecule has 1 atom stereocenters. The summed E-state index contributed by atoms with van der Waals surface area (Å²) in [7, 11) is 1.59. The SMILES string of the molecule is COC1(CNc2cc(F)c(C(=O)O)cc2N)CCOC1. The zero-order valence-corrected chi connectivity index (χ0v) is 11.1. The van der Waals surface area contributed by atoms with Crippen molar-refractivity contribution in [2.24, 2.45) is 0 Å². The molecule has 6 nitrogen and oxygen atoms in total. The smallest absolute Gasteiger partial charge is 0.338 e. The van der Waals surface area contributed by atoms with Gasteiger partial charge in [-0.3, -0.25) is 0 Å². The third kappa shape index (κ3) is 2.83. The Morgan fingerprint density at radius 2 is 2.40 bits per heavy atom. The van der Waals surface area contributed by atoms with Crippen LogP contribution in [0.2, 0.25) is 0 Å². The van der Waals surface area contributed by atoms with Gasteiger partial charge in [0.25, 0.3) is 0 Å². The summed E-state index contributed by atoms with van der Waals surface area (Å²) in [6.07, 6.45) is 0.728. The van der Waals surface area contributed by atoms with E-state index < -0.39 is 23.0 Å². The molecular formula is C13H17FN2O4. The highest BCUT2D eigenvalue weighted by Gasteiger charge is 2.34. The molecular weight excluding hydrogens is 267 g/mol. The van der Waals surface area contributed by atoms with Crippen LogP contribution in [0.1, 0.15) is 16.8 Å². The molecule has 1 aliphatic heterocycles. The van der Waals surface area contributed by atoms with E-state index in [9.17, 15) is 9.18 Å². The molecule has 0 radical (unpaired) electrons. The molecule has 1 unspecified atom stereocenters. The third-order valence-corrected chi connectivity index (χ3v) is 3.47. The number of carbonyl (C=O) groups is 1. The summed E-state index contributed by atoms with van der Waals surface area (Å²) >= 11 is 0. The maximum absolute atomic E-state index is 13.6. The normalized spacial score (nSPS) is 21.9. The topological polar surface area (TPSA) is 93.8 Å². The van der Waals surface area contributed by atoms with Gasteiger partial charge < -0.3 is 25.6 Å². The van der Waals surface area contributed by atoms with Gasteiger partial charge in [0.05, 0.1) is 23.5 Å². The van der Waals surface area contributed by atoms with Gasteiger partial charge >= 0.3 is 5.97 Å². The van der Waals surface area contributed by atoms with E-state index in [4.69, 9.17) is 20.3 Å². The first-order valence-electron chi connectivity index (χ1n) is 6.16. The molecule has 20 heavy (non-hydrogen) atoms. The second-order valence-corrected chi connectivity index (χ2v) is 4.77. The largest absolute Gasteiger partial charge is 0.478 e. The Balaban J connectivity index is 2.14. The summed E-state index contributed by atoms with van der Waals surface area (Å²) in [5.41, 5.74) is 5.34. The maximum Gasteiger partial charge on any atom is 0.338 e. The standard InChI is InChI=1S/C13H17FN2O4/c1-19-13(2-3-20-7-13)6-16-11-5-9(14)8(12(17)18)4-10(11)15/h4-5,16H,2-3,6-7,15H2,1H3,(H,17,18). The minimum atomic E-state index is -1.35. The molecule has 1 saturated heterocycles. The van der Waals surface area contributed by atoms with E-state index in [1.807, 2.05) is 0 Å². The van der Waals surface area contributed by atoms with Crippen LogP contribution < -0.4 is 11.1 Å². The van der Waals surface area contributed by atoms with Gasteiger partial charge in [-0.05, 0) is 12.1 Å². The predicted molar refractivity (Wildman–Crippen MR) is 71.4 cm³/mol. The molecule has 0 spiro atoms. The number of ether oxygens (including phenoxy) is 2. The quantitative estimate of drug-likeness (QED) is 0.706. The number of halogens is 1. The Bertz CT molecular complexity index is 515. The fourth-order valence-corrected chi connectivity index (χ4v) is 2.12. The highest BCUT2D eigenvalue weighted by Crippen LogP contribution is 2.27. The van der Waals surface area contributed by atoms with E-state index in [1.54, 1.807) is 7.11 Å². The van der Waals surface area contributed by atoms with Crippen LogP contribution in [0.15, 0.2) is 12.1 Å². The highest BCUT2D eigenvalue weighted by atomic mass is 19.1. The Morgan fingerprint density at radius 1 is 1.65 bits per heavy atom. The minimum absolute atomic E-state index is 0.175. The van der Waals surface area contributed by atoms with Crippen LogP contribution in [-0.4, -0.2) is 43.5 Å². The van der Waals surface area contributed by atoms with Crippen molar-refractivity contribution in [2.45, 2.75) is 12.0 Å². The van der Waals surface area contributed by atoms with Gasteiger partial charge in [0, 0.05) is 26.7 Å². The van der Waals surface area contributed by atoms with Crippen LogP contribution in [0.4, 0.5) is 15.8 Å². The molecule has 0 bridgehead atoms. The number of nitrogen functional groups attached to an aromatic ring is 1. The zero-order chi connectivity index (χ0) is 14.8. The van der Waals surface area contributed by atoms with Gasteiger partial charge in [0.1, 0.15) is 11.4 Å². The average Bonchev–Trinajstić information content (AvgIpc) is 2.88. The van der Waals surface area contributed by atoms with Crippen molar-refractivity contribution >= 4 is 17.3 Å². The molecule has 1 heterocycles. The molecule has 0 aromatic heterocycles. The molecule has 7 heteroatoms. The molecule has 110 valence electrons. The average molecular weight is 284 g/mol. The van der Waals surface area contributed by atoms with Crippen LogP contribution in [0.3, 0.4) is 0 Å². The van der Waals surface area contributed by atoms with Gasteiger partial charge in [-0.25, -0.2) is 9.18 Å². The summed E-state index contributed by atoms with van der Waals surface area (Å²) in [6.45, 7) is 1.46. The molecule has 1 aliphatic rings. The highest BCUT2D eigenvalue weighted by molar-refractivity contribution is 5.90. The van der Waals surface area contributed by atoms with Crippen LogP contribution in [0.25, 0.3) is 0 Å². The van der Waals surface area contributed by atoms with Gasteiger partial charge in [-0.15, -0.1) is 0 Å². The van der Waals surface area contributed by atoms with Crippen molar-refractivity contribution < 1.29 is 23.8 Å². The van der Waals surface area contributed by atoms with Crippen molar-refractivity contribution in [3.63, 3.8) is 0 Å². The maximum atomic E-state index is 13.6. The van der Waals surface area contributed by atoms with E-state index in [-0.39, 0.29) is 5.69 Å². The molecule has 0 saturated carbocycles. The van der Waals surface area contributed by atoms with Crippen molar-refractivity contribution in [1.29, 1.82) is 0 Å². The number of hydrogen-bond donors (Lipinski definition) is 3. The molecule has 0 aliphatic carbocycles. The van der Waals surface area contributed by atoms with Gasteiger partial charge in [-0.2, -0.15) is 0 Å². The number of hydrogen-bond acceptors (Lipinski definition) is 5. The van der Waals surface area contributed by atoms with Crippen molar-refractivity contribution in [2.75, 3.05) is 37.9 Å². The molecule has 1 fully saturated rings. The molecule has 1 aromatic carbocycles. The van der Waals surface area contributed by atoms with E-state index in [2.05, 4.69) is 5.32 Å². The second-order valence-electron chi connectivity index (χ2n) is 4.77. The Hall–Kier alpha value is -1.86. The third-order valence-electron chi connectivity index (χ3n) is 3.47. The fraction of sp³-hybridized carbons (Fsp3) is 0.462. The number of benzene rings is 1. The van der Waals surface area contributed by atoms with Gasteiger partial charge in [-0.1, -0.05) is 0 Å². The number of carboxylic acids is 1. The number of anilines is 2.